The summed E-state index contributed by atoms with van der Waals surface area (Å²) >= 11 is 4.74. The van der Waals surface area contributed by atoms with Crippen LogP contribution in [0.3, 0.4) is 0 Å². The third-order valence-corrected chi connectivity index (χ3v) is 2.26. The first-order valence-corrected chi connectivity index (χ1v) is 6.00. The van der Waals surface area contributed by atoms with Crippen LogP contribution in [0.15, 0.2) is 24.3 Å². The van der Waals surface area contributed by atoms with Gasteiger partial charge in [0, 0.05) is 12.1 Å². The van der Waals surface area contributed by atoms with Crippen LogP contribution in [0, 0.1) is 0 Å². The van der Waals surface area contributed by atoms with Gasteiger partial charge in [0.1, 0.15) is 0 Å². The SMILES string of the molecule is NC(=S)Cc1ccc(NS(N)(=O)=O)cc1. The van der Waals surface area contributed by atoms with E-state index in [9.17, 15) is 8.42 Å². The molecule has 1 aromatic rings. The molecule has 0 saturated carbocycles. The van der Waals surface area contributed by atoms with Crippen LogP contribution in [0.25, 0.3) is 0 Å². The lowest BCUT2D eigenvalue weighted by atomic mass is 10.1. The van der Waals surface area contributed by atoms with Gasteiger partial charge in [0.2, 0.25) is 0 Å². The molecule has 0 fully saturated rings. The minimum absolute atomic E-state index is 0.391. The van der Waals surface area contributed by atoms with E-state index in [1.807, 2.05) is 0 Å². The standard InChI is InChI=1S/C8H11N3O2S2/c9-8(14)5-6-1-3-7(4-2-6)11-15(10,12)13/h1-4,11H,5H2,(H2,9,14)(H2,10,12,13). The molecule has 0 unspecified atom stereocenters. The zero-order valence-corrected chi connectivity index (χ0v) is 9.44. The smallest absolute Gasteiger partial charge is 0.296 e. The van der Waals surface area contributed by atoms with Gasteiger partial charge >= 0.3 is 0 Å². The lowest BCUT2D eigenvalue weighted by molar-refractivity contribution is 0.603. The third kappa shape index (κ3) is 4.73. The molecule has 0 saturated heterocycles. The monoisotopic (exact) mass is 245 g/mol. The van der Waals surface area contributed by atoms with E-state index in [2.05, 4.69) is 4.72 Å². The maximum atomic E-state index is 10.7. The summed E-state index contributed by atoms with van der Waals surface area (Å²) in [6.07, 6.45) is 0.491. The summed E-state index contributed by atoms with van der Waals surface area (Å²) in [6, 6.07) is 6.65. The zero-order valence-electron chi connectivity index (χ0n) is 7.80. The van der Waals surface area contributed by atoms with Gasteiger partial charge in [-0.1, -0.05) is 24.4 Å². The van der Waals surface area contributed by atoms with E-state index in [4.69, 9.17) is 23.1 Å². The summed E-state index contributed by atoms with van der Waals surface area (Å²) in [4.78, 5) is 0.391. The van der Waals surface area contributed by atoms with Crippen LogP contribution in [0.4, 0.5) is 5.69 Å². The lowest BCUT2D eigenvalue weighted by Gasteiger charge is -2.04. The summed E-state index contributed by atoms with van der Waals surface area (Å²) < 4.78 is 23.5. The van der Waals surface area contributed by atoms with Crippen molar-refractivity contribution < 1.29 is 8.42 Å². The number of hydrogen-bond acceptors (Lipinski definition) is 3. The fourth-order valence-corrected chi connectivity index (χ4v) is 1.69. The van der Waals surface area contributed by atoms with Crippen molar-refractivity contribution in [2.24, 2.45) is 10.9 Å². The Bertz CT molecular complexity index is 453. The van der Waals surface area contributed by atoms with Crippen molar-refractivity contribution in [1.29, 1.82) is 0 Å². The minimum atomic E-state index is -3.71. The average Bonchev–Trinajstić information content (AvgIpc) is 2.05. The van der Waals surface area contributed by atoms with Crippen LogP contribution in [-0.2, 0) is 16.6 Å². The molecule has 15 heavy (non-hydrogen) atoms. The van der Waals surface area contributed by atoms with Gasteiger partial charge in [-0.15, -0.1) is 0 Å². The van der Waals surface area contributed by atoms with E-state index in [1.165, 1.54) is 0 Å². The number of nitrogens with two attached hydrogens (primary N) is 2. The maximum absolute atomic E-state index is 10.7. The van der Waals surface area contributed by atoms with Crippen LogP contribution in [0.1, 0.15) is 5.56 Å². The van der Waals surface area contributed by atoms with Crippen LogP contribution >= 0.6 is 12.2 Å². The Labute approximate surface area is 93.6 Å². The molecule has 0 amide bonds. The number of anilines is 1. The Balaban J connectivity index is 2.77. The van der Waals surface area contributed by atoms with Crippen LogP contribution < -0.4 is 15.6 Å². The predicted octanol–water partition coefficient (Wildman–Crippen LogP) is 0.131. The number of nitrogens with one attached hydrogen (secondary N) is 1. The van der Waals surface area contributed by atoms with Gasteiger partial charge < -0.3 is 5.73 Å². The van der Waals surface area contributed by atoms with Gasteiger partial charge in [0.05, 0.1) is 4.99 Å². The Morgan fingerprint density at radius 3 is 2.27 bits per heavy atom. The summed E-state index contributed by atoms with van der Waals surface area (Å²) in [5.74, 6) is 0. The molecule has 0 radical (unpaired) electrons. The van der Waals surface area contributed by atoms with E-state index in [0.29, 0.717) is 17.1 Å². The fraction of sp³-hybridized carbons (Fsp3) is 0.125. The summed E-state index contributed by atoms with van der Waals surface area (Å²) in [7, 11) is -3.71. The Morgan fingerprint density at radius 2 is 1.87 bits per heavy atom. The van der Waals surface area contributed by atoms with Crippen molar-refractivity contribution in [2.75, 3.05) is 4.72 Å². The molecule has 0 spiro atoms. The topological polar surface area (TPSA) is 98.2 Å². The van der Waals surface area contributed by atoms with Crippen molar-refractivity contribution in [2.45, 2.75) is 6.42 Å². The van der Waals surface area contributed by atoms with Crippen LogP contribution in [0.5, 0.6) is 0 Å². The molecule has 0 aliphatic carbocycles. The van der Waals surface area contributed by atoms with E-state index in [-0.39, 0.29) is 0 Å². The highest BCUT2D eigenvalue weighted by atomic mass is 32.2. The zero-order chi connectivity index (χ0) is 11.5. The van der Waals surface area contributed by atoms with Crippen molar-refractivity contribution in [3.8, 4) is 0 Å². The van der Waals surface area contributed by atoms with Gasteiger partial charge in [-0.3, -0.25) is 4.72 Å². The molecule has 0 aliphatic rings. The average molecular weight is 245 g/mol. The molecule has 5 nitrogen and oxygen atoms in total. The first-order valence-electron chi connectivity index (χ1n) is 4.04. The largest absolute Gasteiger partial charge is 0.393 e. The molecule has 0 atom stereocenters. The Hall–Kier alpha value is -1.18. The molecule has 0 bridgehead atoms. The second-order valence-electron chi connectivity index (χ2n) is 2.99. The molecule has 1 aromatic carbocycles. The molecule has 1 rings (SSSR count). The molecule has 0 aliphatic heterocycles. The third-order valence-electron chi connectivity index (χ3n) is 1.59. The summed E-state index contributed by atoms with van der Waals surface area (Å²) in [5, 5.41) is 4.81. The second kappa shape index (κ2) is 4.56. The van der Waals surface area contributed by atoms with Gasteiger partial charge in [0.15, 0.2) is 0 Å². The van der Waals surface area contributed by atoms with Crippen LogP contribution in [-0.4, -0.2) is 13.4 Å². The van der Waals surface area contributed by atoms with Gasteiger partial charge in [-0.05, 0) is 17.7 Å². The molecule has 5 N–H and O–H groups in total. The normalized spacial score (nSPS) is 11.0. The van der Waals surface area contributed by atoms with Crippen molar-refractivity contribution in [3.05, 3.63) is 29.8 Å². The van der Waals surface area contributed by atoms with Crippen molar-refractivity contribution in [3.63, 3.8) is 0 Å². The lowest BCUT2D eigenvalue weighted by Crippen LogP contribution is -2.21. The Kier molecular flexibility index (Phi) is 3.61. The highest BCUT2D eigenvalue weighted by molar-refractivity contribution is 7.90. The van der Waals surface area contributed by atoms with E-state index in [1.54, 1.807) is 24.3 Å². The molecule has 0 heterocycles. The summed E-state index contributed by atoms with van der Waals surface area (Å²) in [5.41, 5.74) is 6.69. The van der Waals surface area contributed by atoms with Gasteiger partial charge in [0.25, 0.3) is 10.2 Å². The maximum Gasteiger partial charge on any atom is 0.296 e. The number of thiocarbonyl (C=S) groups is 1. The molecule has 0 aromatic heterocycles. The van der Waals surface area contributed by atoms with Gasteiger partial charge in [-0.2, -0.15) is 8.42 Å². The Morgan fingerprint density at radius 1 is 1.33 bits per heavy atom. The van der Waals surface area contributed by atoms with E-state index >= 15 is 0 Å². The first-order chi connectivity index (χ1) is 6.87. The van der Waals surface area contributed by atoms with Crippen molar-refractivity contribution in [1.82, 2.24) is 0 Å². The minimum Gasteiger partial charge on any atom is -0.393 e. The van der Waals surface area contributed by atoms with Gasteiger partial charge in [-0.25, -0.2) is 5.14 Å². The van der Waals surface area contributed by atoms with Crippen molar-refractivity contribution >= 4 is 33.1 Å². The fourth-order valence-electron chi connectivity index (χ4n) is 1.06. The number of benzene rings is 1. The molecular formula is C8H11N3O2S2. The quantitative estimate of drug-likeness (QED) is 0.657. The van der Waals surface area contributed by atoms with E-state index < -0.39 is 10.2 Å². The molecule has 82 valence electrons. The number of hydrogen-bond donors (Lipinski definition) is 3. The molecule has 7 heteroatoms. The molecular weight excluding hydrogens is 234 g/mol. The van der Waals surface area contributed by atoms with Crippen LogP contribution in [0.2, 0.25) is 0 Å². The second-order valence-corrected chi connectivity index (χ2v) is 4.81. The number of rotatable bonds is 4. The van der Waals surface area contributed by atoms with E-state index in [0.717, 1.165) is 5.56 Å². The highest BCUT2D eigenvalue weighted by Crippen LogP contribution is 2.10. The summed E-state index contributed by atoms with van der Waals surface area (Å²) in [6.45, 7) is 0. The first kappa shape index (κ1) is 11.9. The highest BCUT2D eigenvalue weighted by Gasteiger charge is 2.01. The predicted molar refractivity (Wildman–Crippen MR) is 63.7 cm³/mol.